The first-order chi connectivity index (χ1) is 29.2. The van der Waals surface area contributed by atoms with E-state index in [9.17, 15) is 24.6 Å². The number of hydrogen-bond donors (Lipinski definition) is 2. The number of carbonyl (C=O) groups is 3. The molecule has 11 atom stereocenters. The summed E-state index contributed by atoms with van der Waals surface area (Å²) < 4.78 is 40.6. The van der Waals surface area contributed by atoms with Gasteiger partial charge in [-0.25, -0.2) is 15.0 Å². The van der Waals surface area contributed by atoms with Gasteiger partial charge in [-0.05, 0) is 56.4 Å². The summed E-state index contributed by atoms with van der Waals surface area (Å²) in [6.45, 7) is 9.70. The molecular weight excluding hydrogens is 789 g/mol. The number of oxazole rings is 3. The van der Waals surface area contributed by atoms with Gasteiger partial charge in [-0.2, -0.15) is 0 Å². The van der Waals surface area contributed by atoms with E-state index in [1.54, 1.807) is 33.5 Å². The molecule has 3 aromatic rings. The first-order valence-electron chi connectivity index (χ1n) is 21.2. The van der Waals surface area contributed by atoms with E-state index in [1.165, 1.54) is 30.8 Å². The minimum Gasteiger partial charge on any atom is -0.462 e. The van der Waals surface area contributed by atoms with Crippen LogP contribution in [0.25, 0.3) is 29.2 Å². The summed E-state index contributed by atoms with van der Waals surface area (Å²) >= 11 is 0. The molecule has 3 aromatic heterocycles. The van der Waals surface area contributed by atoms with Crippen molar-refractivity contribution in [2.75, 3.05) is 28.4 Å². The lowest BCUT2D eigenvalue weighted by Crippen LogP contribution is -2.35. The van der Waals surface area contributed by atoms with Gasteiger partial charge in [-0.1, -0.05) is 46.8 Å². The van der Waals surface area contributed by atoms with Crippen LogP contribution in [0.2, 0.25) is 0 Å². The summed E-state index contributed by atoms with van der Waals surface area (Å²) in [5.74, 6) is -0.708. The van der Waals surface area contributed by atoms with E-state index in [-0.39, 0.29) is 72.2 Å². The van der Waals surface area contributed by atoms with E-state index in [0.717, 1.165) is 0 Å². The van der Waals surface area contributed by atoms with Crippen molar-refractivity contribution in [3.05, 3.63) is 48.7 Å². The summed E-state index contributed by atoms with van der Waals surface area (Å²) in [6, 6.07) is 0. The van der Waals surface area contributed by atoms with E-state index in [2.05, 4.69) is 15.0 Å². The largest absolute Gasteiger partial charge is 0.462 e. The van der Waals surface area contributed by atoms with Gasteiger partial charge in [0, 0.05) is 65.2 Å². The predicted octanol–water partition coefficient (Wildman–Crippen LogP) is 7.22. The number of Topliss-reactive ketones (excluding diaryl/α,β-unsaturated/α-hetero) is 1. The Balaban J connectivity index is 1.47. The second-order valence-electron chi connectivity index (χ2n) is 16.5. The van der Waals surface area contributed by atoms with Crippen LogP contribution in [0.5, 0.6) is 0 Å². The minimum absolute atomic E-state index is 0.0547. The molecule has 338 valence electrons. The highest BCUT2D eigenvalue weighted by Crippen LogP contribution is 2.33. The fraction of sp³-hybridized carbons (Fsp3) is 0.644. The zero-order chi connectivity index (χ0) is 44.6. The molecule has 0 spiro atoms. The van der Waals surface area contributed by atoms with E-state index in [1.807, 2.05) is 46.8 Å². The van der Waals surface area contributed by atoms with Crippen molar-refractivity contribution in [2.24, 2.45) is 29.6 Å². The third-order valence-corrected chi connectivity index (χ3v) is 11.9. The zero-order valence-corrected chi connectivity index (χ0v) is 37.1. The number of ketones is 1. The molecule has 0 saturated heterocycles. The van der Waals surface area contributed by atoms with Gasteiger partial charge in [0.25, 0.3) is 0 Å². The number of aromatic nitrogens is 3. The summed E-state index contributed by atoms with van der Waals surface area (Å²) in [5, 5.41) is 22.0. The molecule has 1 aliphatic heterocycles. The lowest BCUT2D eigenvalue weighted by Gasteiger charge is -2.31. The molecule has 0 fully saturated rings. The van der Waals surface area contributed by atoms with Crippen molar-refractivity contribution in [1.82, 2.24) is 19.9 Å². The quantitative estimate of drug-likeness (QED) is 0.114. The van der Waals surface area contributed by atoms with Crippen molar-refractivity contribution >= 4 is 24.2 Å². The third-order valence-electron chi connectivity index (χ3n) is 11.9. The molecule has 61 heavy (non-hydrogen) atoms. The number of nitrogens with zero attached hydrogens (tertiary/aromatic N) is 4. The molecule has 1 amide bonds. The first kappa shape index (κ1) is 49.2. The Morgan fingerprint density at radius 1 is 0.967 bits per heavy atom. The number of hydrogen-bond acceptors (Lipinski definition) is 15. The smallest absolute Gasteiger partial charge is 0.308 e. The van der Waals surface area contributed by atoms with Gasteiger partial charge in [-0.15, -0.1) is 0 Å². The normalized spacial score (nSPS) is 24.8. The Morgan fingerprint density at radius 3 is 2.38 bits per heavy atom. The van der Waals surface area contributed by atoms with Crippen molar-refractivity contribution in [3.63, 3.8) is 0 Å². The van der Waals surface area contributed by atoms with Crippen molar-refractivity contribution in [2.45, 2.75) is 129 Å². The van der Waals surface area contributed by atoms with E-state index in [4.69, 9.17) is 32.2 Å². The van der Waals surface area contributed by atoms with Crippen molar-refractivity contribution in [3.8, 4) is 23.2 Å². The molecule has 2 N–H and O–H groups in total. The number of fused-ring (bicyclic) bond motifs is 8. The van der Waals surface area contributed by atoms with Crippen LogP contribution in [0.1, 0.15) is 110 Å². The van der Waals surface area contributed by atoms with Gasteiger partial charge < -0.3 is 47.3 Å². The standard InChI is InChI=1S/C45H66N4O12/c1-27-13-10-11-16-40-46-34(24-58-40)44-48-35(25-60-44)45-47-33(23-59-45)43(57-9)31(5)36(52)15-12-14-32(51)21-41(54)61-39(27)22-38(55-7)28(2)17-18-37(53)30(4)42(56-8)29(3)19-20-49(6)26-50/h11,16,19-20,23-32,36,38-39,42-43,51-52H,10,12-15,17-18,21-22H2,1-9H3/b16-11?,20-19+/t27-,28+,29-,30+,31+,32+,36+,38+,39+,42-,43+/m1/s1. The van der Waals surface area contributed by atoms with Crippen LogP contribution < -0.4 is 0 Å². The molecular formula is C45H66N4O12. The molecule has 0 aromatic carbocycles. The topological polar surface area (TPSA) is 210 Å². The van der Waals surface area contributed by atoms with Crippen LogP contribution in [0.4, 0.5) is 0 Å². The fourth-order valence-electron chi connectivity index (χ4n) is 7.80. The van der Waals surface area contributed by atoms with Gasteiger partial charge in [-0.3, -0.25) is 14.4 Å². The van der Waals surface area contributed by atoms with Crippen molar-refractivity contribution < 1.29 is 56.8 Å². The number of allylic oxidation sites excluding steroid dienone is 1. The average molecular weight is 855 g/mol. The number of amides is 1. The number of aliphatic hydroxyl groups is 2. The van der Waals surface area contributed by atoms with Crippen molar-refractivity contribution in [1.29, 1.82) is 0 Å². The minimum atomic E-state index is -0.969. The Hall–Kier alpha value is -4.48. The molecule has 16 heteroatoms. The van der Waals surface area contributed by atoms with Gasteiger partial charge in [0.15, 0.2) is 11.4 Å². The molecule has 1 aliphatic rings. The summed E-state index contributed by atoms with van der Waals surface area (Å²) in [7, 11) is 6.38. The molecule has 6 bridgehead atoms. The maximum Gasteiger partial charge on any atom is 0.308 e. The van der Waals surface area contributed by atoms with Crippen LogP contribution in [0.3, 0.4) is 0 Å². The van der Waals surface area contributed by atoms with Crippen LogP contribution in [-0.2, 0) is 33.3 Å². The molecule has 4 rings (SSSR count). The van der Waals surface area contributed by atoms with Crippen LogP contribution >= 0.6 is 0 Å². The Labute approximate surface area is 359 Å². The van der Waals surface area contributed by atoms with Crippen LogP contribution in [-0.4, -0.2) is 107 Å². The predicted molar refractivity (Wildman–Crippen MR) is 225 cm³/mol. The van der Waals surface area contributed by atoms with Crippen LogP contribution in [0.15, 0.2) is 50.4 Å². The lowest BCUT2D eigenvalue weighted by molar-refractivity contribution is -0.156. The summed E-state index contributed by atoms with van der Waals surface area (Å²) in [5.41, 5.74) is 1.22. The third kappa shape index (κ3) is 14.3. The number of cyclic esters (lactones) is 1. The van der Waals surface area contributed by atoms with E-state index >= 15 is 0 Å². The second kappa shape index (κ2) is 24.2. The lowest BCUT2D eigenvalue weighted by atomic mass is 9.85. The number of aliphatic hydroxyl groups excluding tert-OH is 2. The summed E-state index contributed by atoms with van der Waals surface area (Å²) in [6.07, 6.45) is 12.0. The monoisotopic (exact) mass is 854 g/mol. The summed E-state index contributed by atoms with van der Waals surface area (Å²) in [4.78, 5) is 52.8. The number of methoxy groups -OCH3 is 3. The highest BCUT2D eigenvalue weighted by molar-refractivity contribution is 5.81. The fourth-order valence-corrected chi connectivity index (χ4v) is 7.80. The SMILES string of the molecule is CO[C@H]([C@H](C)/C=C/N(C)C=O)[C@@H](C)C(=O)CC[C@H](C)[C@H](C[C@@H]1OC(=O)C[C@@H](O)CCC[C@H](O)[C@H](C)[C@H](OC)c2coc(n2)-c2coc(n2)-c2coc(n2)C=CCC[C@H]1C)OC. The maximum absolute atomic E-state index is 13.4. The number of esters is 1. The highest BCUT2D eigenvalue weighted by atomic mass is 16.5. The maximum atomic E-state index is 13.4. The molecule has 0 radical (unpaired) electrons. The number of carbonyl (C=O) groups excluding carboxylic acids is 3. The Kier molecular flexibility index (Phi) is 19.5. The van der Waals surface area contributed by atoms with Crippen LogP contribution in [0, 0.1) is 29.6 Å². The molecule has 16 nitrogen and oxygen atoms in total. The zero-order valence-electron chi connectivity index (χ0n) is 37.1. The van der Waals surface area contributed by atoms with Gasteiger partial charge >= 0.3 is 5.97 Å². The highest BCUT2D eigenvalue weighted by Gasteiger charge is 2.33. The van der Waals surface area contributed by atoms with Gasteiger partial charge in [0.05, 0.1) is 30.8 Å². The number of rotatable bonds is 15. The average Bonchev–Trinajstić information content (AvgIpc) is 4.04. The van der Waals surface area contributed by atoms with E-state index < -0.39 is 30.4 Å². The molecule has 0 saturated carbocycles. The first-order valence-corrected chi connectivity index (χ1v) is 21.2. The number of ether oxygens (including phenoxy) is 4. The Bertz CT molecular complexity index is 1850. The Morgan fingerprint density at radius 2 is 1.67 bits per heavy atom. The molecule has 4 heterocycles. The molecule has 0 aliphatic carbocycles. The van der Waals surface area contributed by atoms with Gasteiger partial charge in [0.2, 0.25) is 24.1 Å². The molecule has 0 unspecified atom stereocenters. The van der Waals surface area contributed by atoms with E-state index in [0.29, 0.717) is 74.3 Å². The second-order valence-corrected chi connectivity index (χ2v) is 16.5. The van der Waals surface area contributed by atoms with Gasteiger partial charge in [0.1, 0.15) is 42.5 Å².